The Morgan fingerprint density at radius 2 is 2.40 bits per heavy atom. The van der Waals surface area contributed by atoms with E-state index in [2.05, 4.69) is 11.1 Å². The summed E-state index contributed by atoms with van der Waals surface area (Å²) < 4.78 is 1.38. The molecule has 0 unspecified atom stereocenters. The van der Waals surface area contributed by atoms with E-state index in [1.807, 2.05) is 5.38 Å². The van der Waals surface area contributed by atoms with Gasteiger partial charge in [-0.05, 0) is 30.7 Å². The van der Waals surface area contributed by atoms with Crippen molar-refractivity contribution in [3.05, 3.63) is 39.9 Å². The first-order chi connectivity index (χ1) is 9.66. The summed E-state index contributed by atoms with van der Waals surface area (Å²) >= 11 is 1.43. The van der Waals surface area contributed by atoms with E-state index in [0.717, 1.165) is 25.0 Å². The second-order valence-electron chi connectivity index (χ2n) is 4.86. The molecule has 0 fully saturated rings. The van der Waals surface area contributed by atoms with Crippen LogP contribution in [0.15, 0.2) is 34.3 Å². The van der Waals surface area contributed by atoms with Crippen LogP contribution in [0, 0.1) is 0 Å². The van der Waals surface area contributed by atoms with Crippen LogP contribution in [0.4, 0.5) is 0 Å². The monoisotopic (exact) mass is 289 g/mol. The van der Waals surface area contributed by atoms with Crippen LogP contribution in [0.3, 0.4) is 0 Å². The highest BCUT2D eigenvalue weighted by Crippen LogP contribution is 2.20. The van der Waals surface area contributed by atoms with E-state index in [4.69, 9.17) is 0 Å². The Kier molecular flexibility index (Phi) is 3.40. The highest BCUT2D eigenvalue weighted by atomic mass is 32.1. The van der Waals surface area contributed by atoms with Gasteiger partial charge in [0.2, 0.25) is 5.91 Å². The van der Waals surface area contributed by atoms with E-state index in [-0.39, 0.29) is 18.0 Å². The van der Waals surface area contributed by atoms with Crippen LogP contribution in [0.5, 0.6) is 0 Å². The van der Waals surface area contributed by atoms with Gasteiger partial charge in [0.05, 0.1) is 11.7 Å². The Bertz CT molecular complexity index is 744. The zero-order chi connectivity index (χ0) is 14.1. The quantitative estimate of drug-likeness (QED) is 0.868. The summed E-state index contributed by atoms with van der Waals surface area (Å²) in [6.07, 6.45) is 6.58. The number of amides is 1. The number of carbonyl (C=O) groups is 1. The summed E-state index contributed by atoms with van der Waals surface area (Å²) in [6, 6.07) is 1.75. The van der Waals surface area contributed by atoms with E-state index in [1.54, 1.807) is 18.0 Å². The number of hydrogen-bond acceptors (Lipinski definition) is 4. The first-order valence-electron chi connectivity index (χ1n) is 6.55. The molecule has 0 saturated heterocycles. The third-order valence-corrected chi connectivity index (χ3v) is 4.40. The minimum Gasteiger partial charge on any atom is -0.318 e. The summed E-state index contributed by atoms with van der Waals surface area (Å²) in [6.45, 7) is 0.0332. The van der Waals surface area contributed by atoms with Crippen molar-refractivity contribution < 1.29 is 4.79 Å². The lowest BCUT2D eigenvalue weighted by molar-refractivity contribution is -0.128. The number of carbonyl (C=O) groups excluding carboxylic acids is 1. The largest absolute Gasteiger partial charge is 0.318 e. The second kappa shape index (κ2) is 5.20. The lowest BCUT2D eigenvalue weighted by Crippen LogP contribution is -2.33. The number of nitrogens with zero attached hydrogens (tertiary/aromatic N) is 3. The Hall–Kier alpha value is -1.95. The smallest absolute Gasteiger partial charge is 0.262 e. The van der Waals surface area contributed by atoms with Gasteiger partial charge in [0.1, 0.15) is 11.4 Å². The molecule has 0 spiro atoms. The Labute approximate surface area is 120 Å². The third kappa shape index (κ3) is 2.27. The summed E-state index contributed by atoms with van der Waals surface area (Å²) in [5, 5.41) is 2.41. The van der Waals surface area contributed by atoms with Crippen LogP contribution in [0.1, 0.15) is 19.3 Å². The summed E-state index contributed by atoms with van der Waals surface area (Å²) in [7, 11) is 1.76. The molecule has 0 aliphatic heterocycles. The molecule has 2 aromatic heterocycles. The molecule has 1 aliphatic carbocycles. The average Bonchev–Trinajstić information content (AvgIpc) is 3.11. The molecule has 2 heterocycles. The van der Waals surface area contributed by atoms with Crippen LogP contribution >= 0.6 is 11.3 Å². The minimum atomic E-state index is -0.154. The van der Waals surface area contributed by atoms with Crippen LogP contribution in [0.25, 0.3) is 10.2 Å². The van der Waals surface area contributed by atoms with Gasteiger partial charge in [0.15, 0.2) is 0 Å². The van der Waals surface area contributed by atoms with Crippen molar-refractivity contribution in [3.8, 4) is 0 Å². The summed E-state index contributed by atoms with van der Waals surface area (Å²) in [4.78, 5) is 31.0. The van der Waals surface area contributed by atoms with Gasteiger partial charge in [0, 0.05) is 12.7 Å². The molecular formula is C14H15N3O2S. The highest BCUT2D eigenvalue weighted by Gasteiger charge is 2.17. The maximum Gasteiger partial charge on any atom is 0.262 e. The molecule has 0 saturated carbocycles. The van der Waals surface area contributed by atoms with Gasteiger partial charge in [-0.1, -0.05) is 6.08 Å². The van der Waals surface area contributed by atoms with Crippen molar-refractivity contribution in [1.82, 2.24) is 14.5 Å². The number of hydrogen-bond donors (Lipinski definition) is 0. The molecule has 0 aromatic carbocycles. The van der Waals surface area contributed by atoms with Gasteiger partial charge in [-0.25, -0.2) is 4.98 Å². The van der Waals surface area contributed by atoms with Crippen molar-refractivity contribution in [2.75, 3.05) is 7.05 Å². The number of fused-ring (bicyclic) bond motifs is 1. The van der Waals surface area contributed by atoms with E-state index in [0.29, 0.717) is 10.2 Å². The molecule has 5 nitrogen and oxygen atoms in total. The number of aromatic nitrogens is 2. The maximum absolute atomic E-state index is 12.2. The van der Waals surface area contributed by atoms with Gasteiger partial charge in [-0.15, -0.1) is 11.3 Å². The highest BCUT2D eigenvalue weighted by molar-refractivity contribution is 7.16. The zero-order valence-electron chi connectivity index (χ0n) is 11.2. The molecule has 6 heteroatoms. The fraction of sp³-hybridized carbons (Fsp3) is 0.357. The molecular weight excluding hydrogens is 274 g/mol. The Morgan fingerprint density at radius 1 is 1.55 bits per heavy atom. The van der Waals surface area contributed by atoms with Crippen molar-refractivity contribution in [1.29, 1.82) is 0 Å². The lowest BCUT2D eigenvalue weighted by atomic mass is 10.3. The fourth-order valence-corrected chi connectivity index (χ4v) is 3.10. The topological polar surface area (TPSA) is 55.2 Å². The second-order valence-corrected chi connectivity index (χ2v) is 5.75. The number of thiophene rings is 1. The predicted molar refractivity (Wildman–Crippen MR) is 78.6 cm³/mol. The Balaban J connectivity index is 1.83. The predicted octanol–water partition coefficient (Wildman–Crippen LogP) is 1.98. The van der Waals surface area contributed by atoms with E-state index >= 15 is 0 Å². The van der Waals surface area contributed by atoms with Crippen molar-refractivity contribution in [2.24, 2.45) is 0 Å². The number of rotatable bonds is 3. The molecule has 0 atom stereocenters. The average molecular weight is 289 g/mol. The van der Waals surface area contributed by atoms with Crippen molar-refractivity contribution in [3.63, 3.8) is 0 Å². The van der Waals surface area contributed by atoms with Gasteiger partial charge < -0.3 is 4.90 Å². The van der Waals surface area contributed by atoms with Crippen LogP contribution in [-0.2, 0) is 11.3 Å². The zero-order valence-corrected chi connectivity index (χ0v) is 12.0. The van der Waals surface area contributed by atoms with Gasteiger partial charge in [0.25, 0.3) is 5.56 Å². The SMILES string of the molecule is CN(C(=O)Cn1cnc2sccc2c1=O)C1=CCCC1. The fourth-order valence-electron chi connectivity index (χ4n) is 2.38. The molecule has 0 bridgehead atoms. The maximum atomic E-state index is 12.2. The summed E-state index contributed by atoms with van der Waals surface area (Å²) in [5.74, 6) is -0.0865. The van der Waals surface area contributed by atoms with Gasteiger partial charge in [-0.2, -0.15) is 0 Å². The normalized spacial score (nSPS) is 14.6. The molecule has 20 heavy (non-hydrogen) atoms. The third-order valence-electron chi connectivity index (χ3n) is 3.58. The van der Waals surface area contributed by atoms with Crippen LogP contribution < -0.4 is 5.56 Å². The minimum absolute atomic E-state index is 0.0332. The van der Waals surface area contributed by atoms with E-state index in [1.165, 1.54) is 22.2 Å². The van der Waals surface area contributed by atoms with Crippen LogP contribution in [-0.4, -0.2) is 27.4 Å². The van der Waals surface area contributed by atoms with Gasteiger partial charge >= 0.3 is 0 Å². The van der Waals surface area contributed by atoms with E-state index < -0.39 is 0 Å². The van der Waals surface area contributed by atoms with Crippen molar-refractivity contribution in [2.45, 2.75) is 25.8 Å². The number of likely N-dealkylation sites (N-methyl/N-ethyl adjacent to an activating group) is 1. The summed E-state index contributed by atoms with van der Waals surface area (Å²) in [5.41, 5.74) is 0.894. The lowest BCUT2D eigenvalue weighted by Gasteiger charge is -2.18. The standard InChI is InChI=1S/C14H15N3O2S/c1-16(10-4-2-3-5-10)12(18)8-17-9-15-13-11(14(17)19)6-7-20-13/h4,6-7,9H,2-3,5,8H2,1H3. The molecule has 0 N–H and O–H groups in total. The first kappa shape index (κ1) is 13.1. The molecule has 1 aliphatic rings. The molecule has 2 aromatic rings. The Morgan fingerprint density at radius 3 is 3.15 bits per heavy atom. The van der Waals surface area contributed by atoms with E-state index in [9.17, 15) is 9.59 Å². The van der Waals surface area contributed by atoms with Gasteiger partial charge in [-0.3, -0.25) is 14.2 Å². The molecule has 1 amide bonds. The first-order valence-corrected chi connectivity index (χ1v) is 7.43. The molecule has 104 valence electrons. The molecule has 0 radical (unpaired) electrons. The molecule has 3 rings (SSSR count). The number of allylic oxidation sites excluding steroid dienone is 2. The van der Waals surface area contributed by atoms with Crippen LogP contribution in [0.2, 0.25) is 0 Å². The van der Waals surface area contributed by atoms with Crippen molar-refractivity contribution >= 4 is 27.5 Å².